The molecule has 1 aliphatic carbocycles. The molecule has 2 fully saturated rings. The van der Waals surface area contributed by atoms with Gasteiger partial charge in [0.05, 0.1) is 18.6 Å². The van der Waals surface area contributed by atoms with Gasteiger partial charge in [-0.25, -0.2) is 8.42 Å². The second-order valence-electron chi connectivity index (χ2n) is 7.37. The van der Waals surface area contributed by atoms with Crippen LogP contribution in [0.5, 0.6) is 5.75 Å². The lowest BCUT2D eigenvalue weighted by Crippen LogP contribution is -2.48. The zero-order chi connectivity index (χ0) is 19.7. The average molecular weight is 394 g/mol. The van der Waals surface area contributed by atoms with Crippen LogP contribution in [0.25, 0.3) is 0 Å². The first-order valence-corrected chi connectivity index (χ1v) is 11.0. The highest BCUT2D eigenvalue weighted by molar-refractivity contribution is 7.91. The molecule has 1 N–H and O–H groups in total. The summed E-state index contributed by atoms with van der Waals surface area (Å²) in [5, 5.41) is 2.87. The SMILES string of the molecule is COc1ccccc1CCNC(=O)C1(C(=O)N(C)C2CCS(=O)(=O)C2)CC1. The summed E-state index contributed by atoms with van der Waals surface area (Å²) in [7, 11) is 0.136. The van der Waals surface area contributed by atoms with Crippen LogP contribution in [0.15, 0.2) is 24.3 Å². The highest BCUT2D eigenvalue weighted by atomic mass is 32.2. The van der Waals surface area contributed by atoms with E-state index in [-0.39, 0.29) is 29.4 Å². The predicted molar refractivity (Wildman–Crippen MR) is 101 cm³/mol. The molecule has 0 radical (unpaired) electrons. The first kappa shape index (κ1) is 19.7. The molecule has 2 amide bonds. The highest BCUT2D eigenvalue weighted by Crippen LogP contribution is 2.48. The lowest BCUT2D eigenvalue weighted by Gasteiger charge is -2.27. The lowest BCUT2D eigenvalue weighted by molar-refractivity contribution is -0.144. The Morgan fingerprint density at radius 2 is 2.00 bits per heavy atom. The van der Waals surface area contributed by atoms with Crippen LogP contribution in [0.2, 0.25) is 0 Å². The topological polar surface area (TPSA) is 92.8 Å². The summed E-state index contributed by atoms with van der Waals surface area (Å²) in [4.78, 5) is 27.0. The molecule has 0 spiro atoms. The fourth-order valence-electron chi connectivity index (χ4n) is 3.64. The Morgan fingerprint density at radius 1 is 1.30 bits per heavy atom. The minimum Gasteiger partial charge on any atom is -0.496 e. The number of nitrogens with one attached hydrogen (secondary N) is 1. The molecule has 148 valence electrons. The molecule has 7 nitrogen and oxygen atoms in total. The number of para-hydroxylation sites is 1. The minimum atomic E-state index is -3.08. The second kappa shape index (κ2) is 7.50. The molecule has 0 aromatic heterocycles. The molecule has 0 bridgehead atoms. The van der Waals surface area contributed by atoms with Gasteiger partial charge in [0.1, 0.15) is 11.2 Å². The molecule has 27 heavy (non-hydrogen) atoms. The van der Waals surface area contributed by atoms with E-state index in [4.69, 9.17) is 4.74 Å². The van der Waals surface area contributed by atoms with Crippen molar-refractivity contribution in [2.45, 2.75) is 31.7 Å². The zero-order valence-corrected chi connectivity index (χ0v) is 16.5. The third-order valence-corrected chi connectivity index (χ3v) is 7.29. The molecular formula is C19H26N2O5S. The average Bonchev–Trinajstić information content (AvgIpc) is 3.39. The summed E-state index contributed by atoms with van der Waals surface area (Å²) in [6.07, 6.45) is 2.07. The number of rotatable bonds is 7. The van der Waals surface area contributed by atoms with E-state index >= 15 is 0 Å². The molecule has 1 saturated heterocycles. The van der Waals surface area contributed by atoms with Gasteiger partial charge in [0.2, 0.25) is 11.8 Å². The number of amides is 2. The van der Waals surface area contributed by atoms with Gasteiger partial charge in [0.25, 0.3) is 0 Å². The standard InChI is InChI=1S/C19H26N2O5S/c1-21(15-8-12-27(24,25)13-15)18(23)19(9-10-19)17(22)20-11-7-14-5-3-4-6-16(14)26-2/h3-6,15H,7-13H2,1-2H3,(H,20,22). The summed E-state index contributed by atoms with van der Waals surface area (Å²) in [6, 6.07) is 7.28. The van der Waals surface area contributed by atoms with Crippen LogP contribution in [-0.2, 0) is 25.8 Å². The lowest BCUT2D eigenvalue weighted by atomic mass is 10.0. The smallest absolute Gasteiger partial charge is 0.238 e. The number of sulfone groups is 1. The maximum Gasteiger partial charge on any atom is 0.238 e. The van der Waals surface area contributed by atoms with Gasteiger partial charge in [-0.15, -0.1) is 0 Å². The number of hydrogen-bond acceptors (Lipinski definition) is 5. The number of nitrogens with zero attached hydrogens (tertiary/aromatic N) is 1. The van der Waals surface area contributed by atoms with Crippen LogP contribution in [0.4, 0.5) is 0 Å². The van der Waals surface area contributed by atoms with E-state index in [0.717, 1.165) is 11.3 Å². The van der Waals surface area contributed by atoms with E-state index in [2.05, 4.69) is 5.32 Å². The van der Waals surface area contributed by atoms with Gasteiger partial charge in [-0.3, -0.25) is 9.59 Å². The minimum absolute atomic E-state index is 0.0132. The zero-order valence-electron chi connectivity index (χ0n) is 15.7. The van der Waals surface area contributed by atoms with Crippen LogP contribution in [0.3, 0.4) is 0 Å². The van der Waals surface area contributed by atoms with Crippen molar-refractivity contribution in [3.05, 3.63) is 29.8 Å². The number of ether oxygens (including phenoxy) is 1. The van der Waals surface area contributed by atoms with E-state index in [1.165, 1.54) is 4.90 Å². The van der Waals surface area contributed by atoms with Crippen molar-refractivity contribution in [3.63, 3.8) is 0 Å². The third-order valence-electron chi connectivity index (χ3n) is 5.54. The summed E-state index contributed by atoms with van der Waals surface area (Å²) in [6.45, 7) is 0.412. The second-order valence-corrected chi connectivity index (χ2v) is 9.60. The van der Waals surface area contributed by atoms with E-state index in [1.54, 1.807) is 14.2 Å². The first-order valence-electron chi connectivity index (χ1n) is 9.17. The molecule has 1 aliphatic heterocycles. The molecule has 1 heterocycles. The van der Waals surface area contributed by atoms with Gasteiger partial charge >= 0.3 is 0 Å². The summed E-state index contributed by atoms with van der Waals surface area (Å²) < 4.78 is 28.6. The van der Waals surface area contributed by atoms with Gasteiger partial charge in [0.15, 0.2) is 9.84 Å². The van der Waals surface area contributed by atoms with Crippen molar-refractivity contribution in [1.29, 1.82) is 0 Å². The Kier molecular flexibility index (Phi) is 5.46. The van der Waals surface area contributed by atoms with E-state index < -0.39 is 15.3 Å². The molecule has 1 atom stereocenters. The van der Waals surface area contributed by atoms with E-state index in [1.807, 2.05) is 24.3 Å². The number of hydrogen-bond donors (Lipinski definition) is 1. The Labute approximate surface area is 160 Å². The number of benzene rings is 1. The monoisotopic (exact) mass is 394 g/mol. The van der Waals surface area contributed by atoms with Crippen molar-refractivity contribution in [1.82, 2.24) is 10.2 Å². The Balaban J connectivity index is 1.57. The summed E-state index contributed by atoms with van der Waals surface area (Å²) in [5.41, 5.74) is -0.0354. The van der Waals surface area contributed by atoms with Crippen LogP contribution in [-0.4, -0.2) is 63.4 Å². The Morgan fingerprint density at radius 3 is 2.59 bits per heavy atom. The van der Waals surface area contributed by atoms with Crippen molar-refractivity contribution in [2.24, 2.45) is 5.41 Å². The van der Waals surface area contributed by atoms with Crippen molar-refractivity contribution in [2.75, 3.05) is 32.2 Å². The van der Waals surface area contributed by atoms with Gasteiger partial charge in [-0.05, 0) is 37.3 Å². The van der Waals surface area contributed by atoms with Gasteiger partial charge in [0, 0.05) is 19.6 Å². The molecule has 1 unspecified atom stereocenters. The van der Waals surface area contributed by atoms with Gasteiger partial charge in [-0.2, -0.15) is 0 Å². The van der Waals surface area contributed by atoms with Gasteiger partial charge < -0.3 is 15.0 Å². The fraction of sp³-hybridized carbons (Fsp3) is 0.579. The van der Waals surface area contributed by atoms with Crippen molar-refractivity contribution < 1.29 is 22.7 Å². The number of methoxy groups -OCH3 is 1. The molecule has 1 aromatic carbocycles. The largest absolute Gasteiger partial charge is 0.496 e. The fourth-order valence-corrected chi connectivity index (χ4v) is 5.41. The van der Waals surface area contributed by atoms with E-state index in [9.17, 15) is 18.0 Å². The predicted octanol–water partition coefficient (Wildman–Crippen LogP) is 0.780. The molecule has 3 rings (SSSR count). The molecule has 1 saturated carbocycles. The van der Waals surface area contributed by atoms with Crippen molar-refractivity contribution in [3.8, 4) is 5.75 Å². The molecule has 8 heteroatoms. The first-order chi connectivity index (χ1) is 12.8. The van der Waals surface area contributed by atoms with Crippen LogP contribution < -0.4 is 10.1 Å². The van der Waals surface area contributed by atoms with Crippen LogP contribution >= 0.6 is 0 Å². The molecular weight excluding hydrogens is 368 g/mol. The van der Waals surface area contributed by atoms with Gasteiger partial charge in [-0.1, -0.05) is 18.2 Å². The quantitative estimate of drug-likeness (QED) is 0.690. The van der Waals surface area contributed by atoms with Crippen LogP contribution in [0, 0.1) is 5.41 Å². The summed E-state index contributed by atoms with van der Waals surface area (Å²) in [5.74, 6) is 0.328. The normalized spacial score (nSPS) is 22.1. The summed E-state index contributed by atoms with van der Waals surface area (Å²) >= 11 is 0. The molecule has 1 aromatic rings. The number of carbonyl (C=O) groups is 2. The van der Waals surface area contributed by atoms with Crippen molar-refractivity contribution >= 4 is 21.7 Å². The number of carbonyl (C=O) groups excluding carboxylic acids is 2. The van der Waals surface area contributed by atoms with Crippen LogP contribution in [0.1, 0.15) is 24.8 Å². The third kappa shape index (κ3) is 4.10. The maximum absolute atomic E-state index is 12.9. The highest BCUT2D eigenvalue weighted by Gasteiger charge is 2.58. The maximum atomic E-state index is 12.9. The Bertz CT molecular complexity index is 832. The molecule has 2 aliphatic rings. The van der Waals surface area contributed by atoms with E-state index in [0.29, 0.717) is 32.2 Å². The Hall–Kier alpha value is -2.09.